The summed E-state index contributed by atoms with van der Waals surface area (Å²) in [6.45, 7) is 4.94. The van der Waals surface area contributed by atoms with E-state index >= 15 is 0 Å². The van der Waals surface area contributed by atoms with Crippen molar-refractivity contribution in [1.29, 1.82) is 0 Å². The van der Waals surface area contributed by atoms with Crippen molar-refractivity contribution in [1.82, 2.24) is 0 Å². The molecular weight excluding hydrogens is 220 g/mol. The number of hydrogen-bond acceptors (Lipinski definition) is 3. The van der Waals surface area contributed by atoms with E-state index < -0.39 is 5.97 Å². The normalized spacial score (nSPS) is 15.4. The second kappa shape index (κ2) is 9.87. The average molecular weight is 242 g/mol. The summed E-state index contributed by atoms with van der Waals surface area (Å²) in [5.41, 5.74) is 0. The van der Waals surface area contributed by atoms with Gasteiger partial charge in [0.25, 0.3) is 5.97 Å². The van der Waals surface area contributed by atoms with Gasteiger partial charge in [-0.05, 0) is 18.8 Å². The minimum Gasteiger partial charge on any atom is -0.481 e. The number of aliphatic carboxylic acids is 1. The molecular formula is C13H22O4. The molecule has 0 saturated heterocycles. The smallest absolute Gasteiger partial charge is 0.306 e. The molecule has 0 unspecified atom stereocenters. The first-order valence-electron chi connectivity index (χ1n) is 6.02. The Morgan fingerprint density at radius 3 is 2.35 bits per heavy atom. The third kappa shape index (κ3) is 11.0. The molecule has 1 saturated carbocycles. The molecule has 1 fully saturated rings. The molecule has 1 rings (SSSR count). The number of ether oxygens (including phenoxy) is 1. The Morgan fingerprint density at radius 2 is 1.88 bits per heavy atom. The average Bonchev–Trinajstić information content (AvgIpc) is 2.27. The van der Waals surface area contributed by atoms with Gasteiger partial charge in [0.05, 0.1) is 0 Å². The highest BCUT2D eigenvalue weighted by Crippen LogP contribution is 2.26. The highest BCUT2D eigenvalue weighted by molar-refractivity contribution is 5.69. The van der Waals surface area contributed by atoms with Crippen LogP contribution in [0.2, 0.25) is 0 Å². The quantitative estimate of drug-likeness (QED) is 0.608. The summed E-state index contributed by atoms with van der Waals surface area (Å²) in [6.07, 6.45) is 8.50. The van der Waals surface area contributed by atoms with Crippen LogP contribution in [0.4, 0.5) is 0 Å². The second-order valence-corrected chi connectivity index (χ2v) is 4.20. The van der Waals surface area contributed by atoms with Gasteiger partial charge in [0.2, 0.25) is 0 Å². The number of carboxylic acids is 1. The Kier molecular flexibility index (Phi) is 9.11. The summed E-state index contributed by atoms with van der Waals surface area (Å²) in [7, 11) is 0. The van der Waals surface area contributed by atoms with Crippen molar-refractivity contribution in [3.05, 3.63) is 12.7 Å². The van der Waals surface area contributed by atoms with E-state index in [1.165, 1.54) is 32.1 Å². The lowest BCUT2D eigenvalue weighted by molar-refractivity contribution is -0.143. The lowest BCUT2D eigenvalue weighted by atomic mass is 9.87. The van der Waals surface area contributed by atoms with Gasteiger partial charge in [-0.3, -0.25) is 9.59 Å². The molecule has 4 heteroatoms. The third-order valence-electron chi connectivity index (χ3n) is 2.54. The van der Waals surface area contributed by atoms with Crippen LogP contribution in [0.5, 0.6) is 0 Å². The zero-order valence-electron chi connectivity index (χ0n) is 10.5. The molecule has 0 bridgehead atoms. The van der Waals surface area contributed by atoms with E-state index in [4.69, 9.17) is 14.6 Å². The van der Waals surface area contributed by atoms with Crippen molar-refractivity contribution < 1.29 is 19.4 Å². The molecule has 0 aromatic rings. The van der Waals surface area contributed by atoms with E-state index in [0.29, 0.717) is 18.9 Å². The lowest BCUT2D eigenvalue weighted by Gasteiger charge is -2.20. The van der Waals surface area contributed by atoms with Crippen molar-refractivity contribution in [2.45, 2.75) is 45.4 Å². The Bertz CT molecular complexity index is 238. The Labute approximate surface area is 103 Å². The van der Waals surface area contributed by atoms with E-state index in [2.05, 4.69) is 6.58 Å². The van der Waals surface area contributed by atoms with Gasteiger partial charge in [-0.2, -0.15) is 0 Å². The van der Waals surface area contributed by atoms with Gasteiger partial charge in [-0.25, -0.2) is 0 Å². The number of carboxylic acid groups (broad SMARTS) is 1. The topological polar surface area (TPSA) is 63.6 Å². The van der Waals surface area contributed by atoms with Gasteiger partial charge in [0.1, 0.15) is 6.61 Å². The third-order valence-corrected chi connectivity index (χ3v) is 2.54. The minimum atomic E-state index is -0.833. The van der Waals surface area contributed by atoms with Crippen LogP contribution < -0.4 is 0 Å². The first-order chi connectivity index (χ1) is 8.06. The molecule has 0 amide bonds. The number of carbonyl (C=O) groups excluding carboxylic acids is 1. The van der Waals surface area contributed by atoms with Crippen LogP contribution >= 0.6 is 0 Å². The maximum absolute atomic E-state index is 11.2. The molecule has 0 spiro atoms. The standard InChI is InChI=1S/C11H18O2.C2H4O2/c1-2-8-13-11(12)9-10-6-4-3-5-7-10;1-2(3)4/h2,10H,1,3-9H2;1H3,(H,3,4). The van der Waals surface area contributed by atoms with Gasteiger partial charge in [-0.1, -0.05) is 31.9 Å². The fraction of sp³-hybridized carbons (Fsp3) is 0.692. The van der Waals surface area contributed by atoms with Crippen molar-refractivity contribution in [2.24, 2.45) is 5.92 Å². The summed E-state index contributed by atoms with van der Waals surface area (Å²) in [4.78, 5) is 20.2. The number of hydrogen-bond donors (Lipinski definition) is 1. The van der Waals surface area contributed by atoms with Crippen LogP contribution in [0.15, 0.2) is 12.7 Å². The van der Waals surface area contributed by atoms with E-state index in [1.54, 1.807) is 6.08 Å². The zero-order valence-corrected chi connectivity index (χ0v) is 10.5. The Morgan fingerprint density at radius 1 is 1.35 bits per heavy atom. The van der Waals surface area contributed by atoms with Crippen molar-refractivity contribution in [3.63, 3.8) is 0 Å². The first kappa shape index (κ1) is 15.7. The fourth-order valence-electron chi connectivity index (χ4n) is 1.84. The molecule has 1 N–H and O–H groups in total. The van der Waals surface area contributed by atoms with Crippen LogP contribution in [-0.2, 0) is 14.3 Å². The summed E-state index contributed by atoms with van der Waals surface area (Å²) < 4.78 is 4.94. The highest BCUT2D eigenvalue weighted by atomic mass is 16.5. The molecule has 1 aliphatic carbocycles. The Hall–Kier alpha value is -1.32. The number of carbonyl (C=O) groups is 2. The summed E-state index contributed by atoms with van der Waals surface area (Å²) in [6, 6.07) is 0. The largest absolute Gasteiger partial charge is 0.481 e. The van der Waals surface area contributed by atoms with E-state index in [0.717, 1.165) is 6.92 Å². The van der Waals surface area contributed by atoms with Crippen LogP contribution in [0, 0.1) is 5.92 Å². The predicted octanol–water partition coefficient (Wildman–Crippen LogP) is 2.78. The molecule has 0 aliphatic heterocycles. The molecule has 1 aliphatic rings. The molecule has 0 heterocycles. The molecule has 17 heavy (non-hydrogen) atoms. The molecule has 4 nitrogen and oxygen atoms in total. The van der Waals surface area contributed by atoms with Gasteiger partial charge in [0, 0.05) is 13.3 Å². The van der Waals surface area contributed by atoms with Crippen molar-refractivity contribution in [2.75, 3.05) is 6.61 Å². The molecule has 0 aromatic carbocycles. The highest BCUT2D eigenvalue weighted by Gasteiger charge is 2.17. The van der Waals surface area contributed by atoms with E-state index in [-0.39, 0.29) is 5.97 Å². The van der Waals surface area contributed by atoms with Crippen molar-refractivity contribution >= 4 is 11.9 Å². The van der Waals surface area contributed by atoms with Crippen LogP contribution in [0.3, 0.4) is 0 Å². The monoisotopic (exact) mass is 242 g/mol. The predicted molar refractivity (Wildman–Crippen MR) is 65.7 cm³/mol. The van der Waals surface area contributed by atoms with E-state index in [1.807, 2.05) is 0 Å². The number of rotatable bonds is 4. The summed E-state index contributed by atoms with van der Waals surface area (Å²) in [5.74, 6) is -0.321. The maximum atomic E-state index is 11.2. The first-order valence-corrected chi connectivity index (χ1v) is 6.02. The van der Waals surface area contributed by atoms with Crippen LogP contribution in [0.25, 0.3) is 0 Å². The summed E-state index contributed by atoms with van der Waals surface area (Å²) >= 11 is 0. The summed E-state index contributed by atoms with van der Waals surface area (Å²) in [5, 5.41) is 7.42. The van der Waals surface area contributed by atoms with Gasteiger partial charge >= 0.3 is 5.97 Å². The lowest BCUT2D eigenvalue weighted by Crippen LogP contribution is -2.14. The molecule has 98 valence electrons. The van der Waals surface area contributed by atoms with Crippen LogP contribution in [-0.4, -0.2) is 23.7 Å². The van der Waals surface area contributed by atoms with Gasteiger partial charge in [-0.15, -0.1) is 0 Å². The van der Waals surface area contributed by atoms with Gasteiger partial charge in [0.15, 0.2) is 0 Å². The Balaban J connectivity index is 0.000000557. The second-order valence-electron chi connectivity index (χ2n) is 4.20. The minimum absolute atomic E-state index is 0.0631. The van der Waals surface area contributed by atoms with Crippen LogP contribution in [0.1, 0.15) is 45.4 Å². The van der Waals surface area contributed by atoms with Gasteiger partial charge < -0.3 is 9.84 Å². The zero-order chi connectivity index (χ0) is 13.1. The molecule has 0 atom stereocenters. The maximum Gasteiger partial charge on any atom is 0.306 e. The van der Waals surface area contributed by atoms with E-state index in [9.17, 15) is 4.79 Å². The molecule has 0 aromatic heterocycles. The van der Waals surface area contributed by atoms with Crippen molar-refractivity contribution in [3.8, 4) is 0 Å². The molecule has 0 radical (unpaired) electrons. The fourth-order valence-corrected chi connectivity index (χ4v) is 1.84. The SMILES string of the molecule is C=CCOC(=O)CC1CCCCC1.CC(=O)O. The number of esters is 1.